The Bertz CT molecular complexity index is 1090. The Hall–Kier alpha value is -3.13. The van der Waals surface area contributed by atoms with Gasteiger partial charge in [-0.15, -0.1) is 0 Å². The smallest absolute Gasteiger partial charge is 0.304 e. The first-order valence-electron chi connectivity index (χ1n) is 7.97. The van der Waals surface area contributed by atoms with Crippen LogP contribution in [0.4, 0.5) is 16.4 Å². The molecule has 0 unspecified atom stereocenters. The van der Waals surface area contributed by atoms with E-state index in [-0.39, 0.29) is 17.8 Å². The molecule has 0 fully saturated rings. The van der Waals surface area contributed by atoms with Gasteiger partial charge in [0, 0.05) is 12.6 Å². The maximum absolute atomic E-state index is 13.3. The quantitative estimate of drug-likeness (QED) is 0.581. The van der Waals surface area contributed by atoms with E-state index in [1.165, 1.54) is 18.2 Å². The van der Waals surface area contributed by atoms with E-state index in [1.807, 2.05) is 26.2 Å². The van der Waals surface area contributed by atoms with Gasteiger partial charge in [0.25, 0.3) is 0 Å². The van der Waals surface area contributed by atoms with Crippen LogP contribution in [-0.4, -0.2) is 36.1 Å². The fraction of sp³-hybridized carbons (Fsp3) is 0.222. The van der Waals surface area contributed by atoms with Crippen molar-refractivity contribution in [1.29, 1.82) is 0 Å². The third-order valence-electron chi connectivity index (χ3n) is 3.80. The van der Waals surface area contributed by atoms with Gasteiger partial charge >= 0.3 is 12.0 Å². The van der Waals surface area contributed by atoms with Crippen LogP contribution in [0.15, 0.2) is 39.2 Å². The first-order chi connectivity index (χ1) is 12.5. The molecule has 0 bridgehead atoms. The summed E-state index contributed by atoms with van der Waals surface area (Å²) in [6.07, 6.45) is 0. The summed E-state index contributed by atoms with van der Waals surface area (Å²) >= 11 is 0. The minimum Gasteiger partial charge on any atom is -0.493 e. The Kier molecular flexibility index (Phi) is 3.96. The fourth-order valence-corrected chi connectivity index (χ4v) is 2.76. The second-order valence-corrected chi connectivity index (χ2v) is 6.16. The monoisotopic (exact) mass is 356 g/mol. The number of halogens is 1. The van der Waals surface area contributed by atoms with Crippen LogP contribution in [0.25, 0.3) is 22.2 Å². The van der Waals surface area contributed by atoms with Gasteiger partial charge < -0.3 is 18.5 Å². The summed E-state index contributed by atoms with van der Waals surface area (Å²) in [7, 11) is 5.56. The summed E-state index contributed by atoms with van der Waals surface area (Å²) in [5, 5.41) is 2.87. The maximum atomic E-state index is 13.3. The maximum Gasteiger partial charge on any atom is 0.304 e. The number of rotatable bonds is 5. The average Bonchev–Trinajstić information content (AvgIpc) is 3.16. The van der Waals surface area contributed by atoms with E-state index in [9.17, 15) is 4.39 Å². The van der Waals surface area contributed by atoms with Crippen LogP contribution in [0.3, 0.4) is 0 Å². The standard InChI is InChI=1S/C18H17FN4O3/c1-23(2)9-10-6-13-16(15(7-10)24-3)26-18(21-13)22-17-20-12-8-11(19)4-5-14(12)25-17/h4-8H,9H2,1-3H3,(H,20,21,22). The molecule has 7 nitrogen and oxygen atoms in total. The van der Waals surface area contributed by atoms with Crippen LogP contribution in [0, 0.1) is 5.82 Å². The molecule has 2 aromatic heterocycles. The molecule has 0 aliphatic heterocycles. The number of fused-ring (bicyclic) bond motifs is 2. The predicted octanol–water partition coefficient (Wildman–Crippen LogP) is 3.92. The second-order valence-electron chi connectivity index (χ2n) is 6.16. The Morgan fingerprint density at radius 3 is 2.62 bits per heavy atom. The number of nitrogens with one attached hydrogen (secondary N) is 1. The van der Waals surface area contributed by atoms with Crippen molar-refractivity contribution < 1.29 is 18.0 Å². The van der Waals surface area contributed by atoms with Crippen molar-refractivity contribution in [2.24, 2.45) is 0 Å². The first kappa shape index (κ1) is 16.3. The van der Waals surface area contributed by atoms with Crippen molar-refractivity contribution in [2.75, 3.05) is 26.5 Å². The lowest BCUT2D eigenvalue weighted by molar-refractivity contribution is 0.394. The van der Waals surface area contributed by atoms with E-state index in [0.717, 1.165) is 12.1 Å². The molecule has 2 aromatic carbocycles. The van der Waals surface area contributed by atoms with Gasteiger partial charge in [0.2, 0.25) is 0 Å². The van der Waals surface area contributed by atoms with Gasteiger partial charge in [-0.25, -0.2) is 4.39 Å². The first-order valence-corrected chi connectivity index (χ1v) is 7.97. The van der Waals surface area contributed by atoms with E-state index in [2.05, 4.69) is 20.2 Å². The van der Waals surface area contributed by atoms with Crippen LogP contribution in [0.2, 0.25) is 0 Å². The zero-order valence-corrected chi connectivity index (χ0v) is 14.5. The lowest BCUT2D eigenvalue weighted by Gasteiger charge is -2.10. The van der Waals surface area contributed by atoms with Gasteiger partial charge in [-0.3, -0.25) is 5.32 Å². The number of methoxy groups -OCH3 is 1. The molecule has 0 amide bonds. The summed E-state index contributed by atoms with van der Waals surface area (Å²) in [6, 6.07) is 8.37. The minimum absolute atomic E-state index is 0.171. The molecule has 134 valence electrons. The van der Waals surface area contributed by atoms with Gasteiger partial charge in [0.15, 0.2) is 16.9 Å². The van der Waals surface area contributed by atoms with Crippen molar-refractivity contribution in [3.05, 3.63) is 41.7 Å². The van der Waals surface area contributed by atoms with Gasteiger partial charge in [0.1, 0.15) is 16.9 Å². The summed E-state index contributed by atoms with van der Waals surface area (Å²) in [5.41, 5.74) is 3.12. The topological polar surface area (TPSA) is 76.6 Å². The van der Waals surface area contributed by atoms with Crippen molar-refractivity contribution >= 4 is 34.2 Å². The lowest BCUT2D eigenvalue weighted by Crippen LogP contribution is -2.10. The number of benzene rings is 2. The molecule has 26 heavy (non-hydrogen) atoms. The molecular formula is C18H17FN4O3. The number of oxazole rings is 2. The van der Waals surface area contributed by atoms with Crippen LogP contribution in [0.1, 0.15) is 5.56 Å². The largest absolute Gasteiger partial charge is 0.493 e. The molecule has 1 N–H and O–H groups in total. The summed E-state index contributed by atoms with van der Waals surface area (Å²) < 4.78 is 30.0. The average molecular weight is 356 g/mol. The molecule has 0 atom stereocenters. The molecule has 0 aliphatic carbocycles. The van der Waals surface area contributed by atoms with Gasteiger partial charge in [-0.05, 0) is 43.9 Å². The van der Waals surface area contributed by atoms with Crippen LogP contribution < -0.4 is 10.1 Å². The third-order valence-corrected chi connectivity index (χ3v) is 3.80. The van der Waals surface area contributed by atoms with E-state index in [1.54, 1.807) is 7.11 Å². The Balaban J connectivity index is 1.69. The van der Waals surface area contributed by atoms with E-state index in [4.69, 9.17) is 13.6 Å². The lowest BCUT2D eigenvalue weighted by atomic mass is 10.2. The molecule has 0 saturated carbocycles. The van der Waals surface area contributed by atoms with Crippen molar-refractivity contribution in [2.45, 2.75) is 6.54 Å². The highest BCUT2D eigenvalue weighted by atomic mass is 19.1. The van der Waals surface area contributed by atoms with E-state index >= 15 is 0 Å². The molecule has 8 heteroatoms. The second kappa shape index (κ2) is 6.30. The van der Waals surface area contributed by atoms with Gasteiger partial charge in [-0.2, -0.15) is 9.97 Å². The van der Waals surface area contributed by atoms with Crippen LogP contribution >= 0.6 is 0 Å². The zero-order valence-electron chi connectivity index (χ0n) is 14.5. The third kappa shape index (κ3) is 3.06. The molecule has 0 aliphatic rings. The zero-order chi connectivity index (χ0) is 18.3. The fourth-order valence-electron chi connectivity index (χ4n) is 2.76. The minimum atomic E-state index is -0.377. The van der Waals surface area contributed by atoms with Gasteiger partial charge in [-0.1, -0.05) is 0 Å². The highest BCUT2D eigenvalue weighted by Gasteiger charge is 2.15. The number of anilines is 2. The van der Waals surface area contributed by atoms with Crippen molar-refractivity contribution in [1.82, 2.24) is 14.9 Å². The molecule has 0 spiro atoms. The number of hydrogen-bond donors (Lipinski definition) is 1. The molecule has 4 aromatic rings. The highest BCUT2D eigenvalue weighted by Crippen LogP contribution is 2.32. The summed E-state index contributed by atoms with van der Waals surface area (Å²) in [4.78, 5) is 10.7. The van der Waals surface area contributed by atoms with E-state index < -0.39 is 0 Å². The van der Waals surface area contributed by atoms with E-state index in [0.29, 0.717) is 27.9 Å². The van der Waals surface area contributed by atoms with Crippen LogP contribution in [0.5, 0.6) is 5.75 Å². The molecular weight excluding hydrogens is 339 g/mol. The predicted molar refractivity (Wildman–Crippen MR) is 95.2 cm³/mol. The molecule has 0 saturated heterocycles. The normalized spacial score (nSPS) is 11.6. The Morgan fingerprint density at radius 2 is 1.85 bits per heavy atom. The highest BCUT2D eigenvalue weighted by molar-refractivity contribution is 5.82. The summed E-state index contributed by atoms with van der Waals surface area (Å²) in [5.74, 6) is 0.219. The molecule has 4 rings (SSSR count). The SMILES string of the molecule is COc1cc(CN(C)C)cc2nc(Nc3nc4cc(F)ccc4o3)oc12. The number of nitrogens with zero attached hydrogens (tertiary/aromatic N) is 3. The Labute approximate surface area is 148 Å². The molecule has 2 heterocycles. The van der Waals surface area contributed by atoms with Crippen LogP contribution in [-0.2, 0) is 6.54 Å². The van der Waals surface area contributed by atoms with Crippen molar-refractivity contribution in [3.8, 4) is 5.75 Å². The Morgan fingerprint density at radius 1 is 1.08 bits per heavy atom. The molecule has 0 radical (unpaired) electrons. The summed E-state index contributed by atoms with van der Waals surface area (Å²) in [6.45, 7) is 0.749. The van der Waals surface area contributed by atoms with Gasteiger partial charge in [0.05, 0.1) is 7.11 Å². The number of ether oxygens (including phenoxy) is 1. The van der Waals surface area contributed by atoms with Crippen molar-refractivity contribution in [3.63, 3.8) is 0 Å². The number of aromatic nitrogens is 2. The number of hydrogen-bond acceptors (Lipinski definition) is 7.